The summed E-state index contributed by atoms with van der Waals surface area (Å²) < 4.78 is 28.7. The Morgan fingerprint density at radius 2 is 2.03 bits per heavy atom. The number of likely N-dealkylation sites (N-methyl/N-ethyl adjacent to an activating group) is 1. The van der Waals surface area contributed by atoms with E-state index >= 15 is 0 Å². The van der Waals surface area contributed by atoms with Crippen molar-refractivity contribution in [1.29, 1.82) is 0 Å². The van der Waals surface area contributed by atoms with E-state index in [-0.39, 0.29) is 12.5 Å². The number of nitrogens with zero attached hydrogens (tertiary/aromatic N) is 1. The number of aryl methyl sites for hydroxylation is 1. The molecule has 4 unspecified atom stereocenters. The van der Waals surface area contributed by atoms with Gasteiger partial charge in [0, 0.05) is 12.8 Å². The number of halogens is 2. The summed E-state index contributed by atoms with van der Waals surface area (Å²) in [6.45, 7) is 0.693. The van der Waals surface area contributed by atoms with Gasteiger partial charge in [-0.25, -0.2) is 8.78 Å². The molecular formula is C24H30F2N4O3. The maximum absolute atomic E-state index is 14.4. The molecule has 0 saturated carbocycles. The van der Waals surface area contributed by atoms with Gasteiger partial charge in [0.15, 0.2) is 0 Å². The Hall–Kier alpha value is -2.99. The van der Waals surface area contributed by atoms with Gasteiger partial charge < -0.3 is 20.9 Å². The molecule has 1 aliphatic heterocycles. The lowest BCUT2D eigenvalue weighted by Crippen LogP contribution is -2.55. The predicted molar refractivity (Wildman–Crippen MR) is 119 cm³/mol. The van der Waals surface area contributed by atoms with Crippen LogP contribution in [-0.2, 0) is 20.8 Å². The fourth-order valence-electron chi connectivity index (χ4n) is 4.40. The van der Waals surface area contributed by atoms with Gasteiger partial charge in [0.2, 0.25) is 17.7 Å². The van der Waals surface area contributed by atoms with Crippen LogP contribution in [0.3, 0.4) is 0 Å². The maximum Gasteiger partial charge on any atom is 0.267 e. The van der Waals surface area contributed by atoms with Crippen LogP contribution in [0.15, 0.2) is 24.3 Å². The van der Waals surface area contributed by atoms with Crippen LogP contribution in [0.1, 0.15) is 49.8 Å². The van der Waals surface area contributed by atoms with Gasteiger partial charge in [0.05, 0.1) is 18.6 Å². The molecule has 4 atom stereocenters. The van der Waals surface area contributed by atoms with E-state index in [4.69, 9.17) is 6.42 Å². The highest BCUT2D eigenvalue weighted by atomic mass is 19.3. The summed E-state index contributed by atoms with van der Waals surface area (Å²) in [7, 11) is 1.58. The number of hydrogen-bond donors (Lipinski definition) is 3. The zero-order chi connectivity index (χ0) is 24.2. The molecule has 1 heterocycles. The minimum atomic E-state index is -3.22. The summed E-state index contributed by atoms with van der Waals surface area (Å²) in [5.41, 5.74) is 2.09. The molecule has 3 amide bonds. The zero-order valence-corrected chi connectivity index (χ0v) is 18.9. The van der Waals surface area contributed by atoms with E-state index < -0.39 is 54.7 Å². The van der Waals surface area contributed by atoms with Crippen LogP contribution in [0.25, 0.3) is 0 Å². The number of carbonyl (C=O) groups excluding carboxylic acids is 3. The number of alkyl halides is 2. The quantitative estimate of drug-likeness (QED) is 0.539. The van der Waals surface area contributed by atoms with Gasteiger partial charge in [-0.15, -0.1) is 12.3 Å². The largest absolute Gasteiger partial charge is 0.347 e. The van der Waals surface area contributed by atoms with Crippen LogP contribution < -0.4 is 16.0 Å². The average Bonchev–Trinajstić information content (AvgIpc) is 3.13. The molecule has 9 heteroatoms. The van der Waals surface area contributed by atoms with E-state index in [9.17, 15) is 23.2 Å². The number of carbonyl (C=O) groups is 3. The number of nitrogens with one attached hydrogen (secondary N) is 3. The van der Waals surface area contributed by atoms with Gasteiger partial charge in [-0.05, 0) is 44.4 Å². The maximum atomic E-state index is 14.4. The summed E-state index contributed by atoms with van der Waals surface area (Å²) in [5.74, 6) is -2.82. The molecule has 0 bridgehead atoms. The van der Waals surface area contributed by atoms with E-state index in [0.29, 0.717) is 6.42 Å². The molecule has 3 rings (SSSR count). The molecule has 0 spiro atoms. The van der Waals surface area contributed by atoms with Crippen molar-refractivity contribution in [3.8, 4) is 12.3 Å². The van der Waals surface area contributed by atoms with Crippen LogP contribution in [0.4, 0.5) is 8.78 Å². The molecule has 3 N–H and O–H groups in total. The normalized spacial score (nSPS) is 23.1. The molecule has 1 saturated heterocycles. The molecule has 0 radical (unpaired) electrons. The summed E-state index contributed by atoms with van der Waals surface area (Å²) in [5, 5.41) is 8.13. The lowest BCUT2D eigenvalue weighted by molar-refractivity contribution is -0.142. The Labute approximate surface area is 192 Å². The Balaban J connectivity index is 1.78. The molecule has 1 aliphatic carbocycles. The van der Waals surface area contributed by atoms with E-state index in [0.717, 1.165) is 28.9 Å². The van der Waals surface area contributed by atoms with Gasteiger partial charge in [0.1, 0.15) is 12.1 Å². The first-order chi connectivity index (χ1) is 15.7. The second-order valence-corrected chi connectivity index (χ2v) is 8.67. The Morgan fingerprint density at radius 1 is 1.30 bits per heavy atom. The molecule has 7 nitrogen and oxygen atoms in total. The van der Waals surface area contributed by atoms with Crippen molar-refractivity contribution in [1.82, 2.24) is 20.9 Å². The Kier molecular flexibility index (Phi) is 7.69. The van der Waals surface area contributed by atoms with Crippen LogP contribution in [0.2, 0.25) is 0 Å². The molecule has 0 aromatic heterocycles. The van der Waals surface area contributed by atoms with Crippen LogP contribution in [-0.4, -0.2) is 60.3 Å². The lowest BCUT2D eigenvalue weighted by atomic mass is 9.87. The number of hydrogen-bond acceptors (Lipinski definition) is 4. The van der Waals surface area contributed by atoms with Gasteiger partial charge in [-0.2, -0.15) is 0 Å². The molecule has 1 fully saturated rings. The Bertz CT molecular complexity index is 946. The fourth-order valence-corrected chi connectivity index (χ4v) is 4.40. The summed E-state index contributed by atoms with van der Waals surface area (Å²) in [6, 6.07) is 4.27. The third-order valence-electron chi connectivity index (χ3n) is 6.30. The minimum Gasteiger partial charge on any atom is -0.347 e. The van der Waals surface area contributed by atoms with Crippen molar-refractivity contribution in [2.75, 3.05) is 13.6 Å². The first-order valence-corrected chi connectivity index (χ1v) is 11.1. The molecule has 178 valence electrons. The summed E-state index contributed by atoms with van der Waals surface area (Å²) >= 11 is 0. The topological polar surface area (TPSA) is 90.5 Å². The zero-order valence-electron chi connectivity index (χ0n) is 18.9. The summed E-state index contributed by atoms with van der Waals surface area (Å²) in [6.07, 6.45) is 6.86. The molecule has 2 aliphatic rings. The standard InChI is InChI=1S/C24H30F2N4O3/c1-4-8-19(29-21(31)15(2)27-3)23(33)30-14-24(25,26)13-20(30)22(32)28-18-12-7-10-16-9-5-6-11-17(16)18/h1,5-6,9,11,15,18-20,27H,7-8,10,12-14H2,2-3H3,(H,28,32)(H,29,31). The monoisotopic (exact) mass is 460 g/mol. The highest BCUT2D eigenvalue weighted by Gasteiger charge is 2.51. The van der Waals surface area contributed by atoms with E-state index in [1.165, 1.54) is 0 Å². The van der Waals surface area contributed by atoms with Crippen LogP contribution in [0.5, 0.6) is 0 Å². The van der Waals surface area contributed by atoms with Gasteiger partial charge in [-0.3, -0.25) is 14.4 Å². The van der Waals surface area contributed by atoms with Gasteiger partial charge >= 0.3 is 0 Å². The van der Waals surface area contributed by atoms with Crippen molar-refractivity contribution in [3.05, 3.63) is 35.4 Å². The SMILES string of the molecule is C#CCC(NC(=O)C(C)NC)C(=O)N1CC(F)(F)CC1C(=O)NC1CCCc2ccccc21. The van der Waals surface area contributed by atoms with Crippen molar-refractivity contribution >= 4 is 17.7 Å². The van der Waals surface area contributed by atoms with E-state index in [1.54, 1.807) is 14.0 Å². The van der Waals surface area contributed by atoms with E-state index in [2.05, 4.69) is 21.9 Å². The average molecular weight is 461 g/mol. The van der Waals surface area contributed by atoms with E-state index in [1.807, 2.05) is 24.3 Å². The molecule has 1 aromatic rings. The van der Waals surface area contributed by atoms with Crippen molar-refractivity contribution in [3.63, 3.8) is 0 Å². The number of amides is 3. The number of terminal acetylenes is 1. The smallest absolute Gasteiger partial charge is 0.267 e. The van der Waals surface area contributed by atoms with Crippen LogP contribution in [0, 0.1) is 12.3 Å². The van der Waals surface area contributed by atoms with Crippen molar-refractivity contribution in [2.24, 2.45) is 0 Å². The van der Waals surface area contributed by atoms with Gasteiger partial charge in [0.25, 0.3) is 5.92 Å². The Morgan fingerprint density at radius 3 is 2.73 bits per heavy atom. The number of benzene rings is 1. The second-order valence-electron chi connectivity index (χ2n) is 8.67. The molecular weight excluding hydrogens is 430 g/mol. The minimum absolute atomic E-state index is 0.173. The van der Waals surface area contributed by atoms with Gasteiger partial charge in [-0.1, -0.05) is 24.3 Å². The summed E-state index contributed by atoms with van der Waals surface area (Å²) in [4.78, 5) is 39.4. The van der Waals surface area contributed by atoms with Crippen molar-refractivity contribution < 1.29 is 23.2 Å². The second kappa shape index (κ2) is 10.3. The number of fused-ring (bicyclic) bond motifs is 1. The first kappa shape index (κ1) is 24.6. The predicted octanol–water partition coefficient (Wildman–Crippen LogP) is 1.53. The molecule has 33 heavy (non-hydrogen) atoms. The lowest BCUT2D eigenvalue weighted by Gasteiger charge is -2.31. The first-order valence-electron chi connectivity index (χ1n) is 11.1. The third kappa shape index (κ3) is 5.69. The molecule has 1 aromatic carbocycles. The third-order valence-corrected chi connectivity index (χ3v) is 6.30. The number of rotatable bonds is 7. The number of likely N-dealkylation sites (tertiary alicyclic amines) is 1. The highest BCUT2D eigenvalue weighted by Crippen LogP contribution is 2.34. The fraction of sp³-hybridized carbons (Fsp3) is 0.542. The van der Waals surface area contributed by atoms with Crippen molar-refractivity contribution in [2.45, 2.75) is 69.1 Å². The van der Waals surface area contributed by atoms with Crippen LogP contribution >= 0.6 is 0 Å². The highest BCUT2D eigenvalue weighted by molar-refractivity contribution is 5.94.